The van der Waals surface area contributed by atoms with Crippen molar-refractivity contribution in [2.75, 3.05) is 14.2 Å². The average molecular weight is 409 g/mol. The summed E-state index contributed by atoms with van der Waals surface area (Å²) in [5.41, 5.74) is 6.02. The summed E-state index contributed by atoms with van der Waals surface area (Å²) < 4.78 is 10.7. The second-order valence-corrected chi connectivity index (χ2v) is 9.58. The van der Waals surface area contributed by atoms with Crippen LogP contribution < -0.4 is 9.47 Å². The molecule has 2 aliphatic carbocycles. The number of hydrogen-bond acceptors (Lipinski definition) is 2. The molecule has 2 aromatic rings. The third kappa shape index (κ3) is 5.02. The summed E-state index contributed by atoms with van der Waals surface area (Å²) in [4.78, 5) is 0. The first-order chi connectivity index (χ1) is 14.5. The summed E-state index contributed by atoms with van der Waals surface area (Å²) in [6.45, 7) is 9.28. The van der Waals surface area contributed by atoms with Crippen LogP contribution in [0.15, 0.2) is 36.4 Å². The van der Waals surface area contributed by atoms with E-state index in [2.05, 4.69) is 64.1 Å². The first kappa shape index (κ1) is 22.7. The number of aryl methyl sites for hydroxylation is 1. The molecule has 0 radical (unpaired) electrons. The predicted octanol–water partition coefficient (Wildman–Crippen LogP) is 7.54. The van der Waals surface area contributed by atoms with E-state index in [0.717, 1.165) is 35.2 Å². The van der Waals surface area contributed by atoms with Crippen molar-refractivity contribution in [3.05, 3.63) is 58.7 Å². The van der Waals surface area contributed by atoms with Crippen molar-refractivity contribution in [1.29, 1.82) is 0 Å². The number of fused-ring (bicyclic) bond motifs is 2. The van der Waals surface area contributed by atoms with E-state index in [1.54, 1.807) is 19.8 Å². The van der Waals surface area contributed by atoms with Gasteiger partial charge in [0.2, 0.25) is 0 Å². The van der Waals surface area contributed by atoms with Crippen molar-refractivity contribution in [1.82, 2.24) is 0 Å². The molecule has 164 valence electrons. The van der Waals surface area contributed by atoms with Gasteiger partial charge in [-0.1, -0.05) is 45.9 Å². The Balaban J connectivity index is 0.000000171. The molecule has 2 unspecified atom stereocenters. The maximum Gasteiger partial charge on any atom is 0.122 e. The smallest absolute Gasteiger partial charge is 0.122 e. The minimum atomic E-state index is 0.726. The molecule has 0 saturated carbocycles. The highest BCUT2D eigenvalue weighted by atomic mass is 16.5. The van der Waals surface area contributed by atoms with E-state index in [-0.39, 0.29) is 0 Å². The van der Waals surface area contributed by atoms with Crippen LogP contribution in [-0.2, 0) is 12.8 Å². The summed E-state index contributed by atoms with van der Waals surface area (Å²) >= 11 is 0. The Morgan fingerprint density at radius 1 is 0.767 bits per heavy atom. The molecular formula is C28H40O2. The van der Waals surface area contributed by atoms with Crippen molar-refractivity contribution in [3.63, 3.8) is 0 Å². The first-order valence-electron chi connectivity index (χ1n) is 11.8. The summed E-state index contributed by atoms with van der Waals surface area (Å²) in [6.07, 6.45) is 7.70. The number of methoxy groups -OCH3 is 2. The lowest BCUT2D eigenvalue weighted by molar-refractivity contribution is 0.390. The van der Waals surface area contributed by atoms with E-state index in [0.29, 0.717) is 0 Å². The first-order valence-corrected chi connectivity index (χ1v) is 11.8. The van der Waals surface area contributed by atoms with Gasteiger partial charge in [-0.25, -0.2) is 0 Å². The molecule has 0 aromatic heterocycles. The van der Waals surface area contributed by atoms with E-state index in [1.807, 2.05) is 0 Å². The molecular weight excluding hydrogens is 368 g/mol. The van der Waals surface area contributed by atoms with Gasteiger partial charge in [0.1, 0.15) is 11.5 Å². The molecule has 0 amide bonds. The third-order valence-corrected chi connectivity index (χ3v) is 7.05. The molecule has 0 bridgehead atoms. The van der Waals surface area contributed by atoms with Gasteiger partial charge in [-0.3, -0.25) is 0 Å². The summed E-state index contributed by atoms with van der Waals surface area (Å²) in [5, 5.41) is 0. The molecule has 0 fully saturated rings. The molecule has 0 saturated heterocycles. The number of hydrogen-bond donors (Lipinski definition) is 0. The Bertz CT molecular complexity index is 821. The average Bonchev–Trinajstić information content (AvgIpc) is 2.77. The molecule has 2 heteroatoms. The van der Waals surface area contributed by atoms with Crippen LogP contribution >= 0.6 is 0 Å². The second-order valence-electron chi connectivity index (χ2n) is 9.58. The summed E-state index contributed by atoms with van der Waals surface area (Å²) in [5.74, 6) is 5.04. The largest absolute Gasteiger partial charge is 0.497 e. The highest BCUT2D eigenvalue weighted by molar-refractivity contribution is 5.44. The zero-order chi connectivity index (χ0) is 21.7. The van der Waals surface area contributed by atoms with Gasteiger partial charge in [0.15, 0.2) is 0 Å². The van der Waals surface area contributed by atoms with E-state index in [4.69, 9.17) is 9.47 Å². The van der Waals surface area contributed by atoms with Crippen molar-refractivity contribution in [3.8, 4) is 11.5 Å². The second kappa shape index (κ2) is 10.4. The van der Waals surface area contributed by atoms with Crippen LogP contribution in [0.2, 0.25) is 0 Å². The predicted molar refractivity (Wildman–Crippen MR) is 127 cm³/mol. The van der Waals surface area contributed by atoms with Crippen LogP contribution in [0.5, 0.6) is 11.5 Å². The molecule has 2 aromatic carbocycles. The minimum Gasteiger partial charge on any atom is -0.497 e. The molecule has 2 atom stereocenters. The molecule has 0 N–H and O–H groups in total. The monoisotopic (exact) mass is 408 g/mol. The maximum absolute atomic E-state index is 5.44. The van der Waals surface area contributed by atoms with Gasteiger partial charge in [-0.15, -0.1) is 0 Å². The molecule has 0 heterocycles. The Hall–Kier alpha value is -1.96. The van der Waals surface area contributed by atoms with E-state index >= 15 is 0 Å². The van der Waals surface area contributed by atoms with Crippen LogP contribution in [0.1, 0.15) is 87.5 Å². The van der Waals surface area contributed by atoms with E-state index < -0.39 is 0 Å². The van der Waals surface area contributed by atoms with Gasteiger partial charge in [0, 0.05) is 0 Å². The molecule has 2 nitrogen and oxygen atoms in total. The molecule has 30 heavy (non-hydrogen) atoms. The van der Waals surface area contributed by atoms with Gasteiger partial charge in [0.25, 0.3) is 0 Å². The highest BCUT2D eigenvalue weighted by Crippen LogP contribution is 2.40. The number of benzene rings is 2. The fourth-order valence-corrected chi connectivity index (χ4v) is 5.38. The van der Waals surface area contributed by atoms with Crippen LogP contribution in [0.25, 0.3) is 0 Å². The zero-order valence-electron chi connectivity index (χ0n) is 19.8. The fourth-order valence-electron chi connectivity index (χ4n) is 5.38. The van der Waals surface area contributed by atoms with Gasteiger partial charge in [-0.2, -0.15) is 0 Å². The lowest BCUT2D eigenvalue weighted by atomic mass is 9.77. The van der Waals surface area contributed by atoms with E-state index in [1.165, 1.54) is 55.2 Å². The topological polar surface area (TPSA) is 18.5 Å². The van der Waals surface area contributed by atoms with E-state index in [9.17, 15) is 0 Å². The normalized spacial score (nSPS) is 20.1. The van der Waals surface area contributed by atoms with Crippen LogP contribution in [-0.4, -0.2) is 14.2 Å². The molecule has 0 spiro atoms. The lowest BCUT2D eigenvalue weighted by Gasteiger charge is -2.29. The Morgan fingerprint density at radius 3 is 2.07 bits per heavy atom. The SMILES string of the molecule is COc1ccc2c(c1)CCCC2C(C)C.COc1cccc2c1CCCC2C(C)C. The maximum atomic E-state index is 5.44. The summed E-state index contributed by atoms with van der Waals surface area (Å²) in [7, 11) is 3.51. The Kier molecular flexibility index (Phi) is 7.86. The van der Waals surface area contributed by atoms with Crippen molar-refractivity contribution in [2.45, 2.75) is 78.1 Å². The highest BCUT2D eigenvalue weighted by Gasteiger charge is 2.25. The van der Waals surface area contributed by atoms with Gasteiger partial charge >= 0.3 is 0 Å². The number of rotatable bonds is 4. The quantitative estimate of drug-likeness (QED) is 0.520. The molecule has 0 aliphatic heterocycles. The Labute approximate surface area is 184 Å². The van der Waals surface area contributed by atoms with Crippen molar-refractivity contribution >= 4 is 0 Å². The molecule has 2 aliphatic rings. The molecule has 4 rings (SSSR count). The van der Waals surface area contributed by atoms with Gasteiger partial charge < -0.3 is 9.47 Å². The van der Waals surface area contributed by atoms with Crippen molar-refractivity contribution < 1.29 is 9.47 Å². The standard InChI is InChI=1S/2C14H20O/c1-10(2)11-6-4-8-13-12(11)7-5-9-14(13)15-3;1-10(2)13-6-4-5-11-9-12(15-3)7-8-14(11)13/h5,7,9-11H,4,6,8H2,1-3H3;7-10,13H,4-6H2,1-3H3. The fraction of sp³-hybridized carbons (Fsp3) is 0.571. The van der Waals surface area contributed by atoms with Gasteiger partial charge in [0.05, 0.1) is 14.2 Å². The zero-order valence-corrected chi connectivity index (χ0v) is 19.8. The minimum absolute atomic E-state index is 0.726. The summed E-state index contributed by atoms with van der Waals surface area (Å²) in [6, 6.07) is 13.1. The third-order valence-electron chi connectivity index (χ3n) is 7.05. The lowest BCUT2D eigenvalue weighted by Crippen LogP contribution is -2.15. The van der Waals surface area contributed by atoms with Crippen LogP contribution in [0.3, 0.4) is 0 Å². The number of ether oxygens (including phenoxy) is 2. The van der Waals surface area contributed by atoms with Crippen LogP contribution in [0.4, 0.5) is 0 Å². The Morgan fingerprint density at radius 2 is 1.43 bits per heavy atom. The van der Waals surface area contributed by atoms with Crippen molar-refractivity contribution in [2.24, 2.45) is 11.8 Å². The van der Waals surface area contributed by atoms with Gasteiger partial charge in [-0.05, 0) is 103 Å². The van der Waals surface area contributed by atoms with Crippen LogP contribution in [0, 0.1) is 11.8 Å².